The first kappa shape index (κ1) is 14.7. The summed E-state index contributed by atoms with van der Waals surface area (Å²) in [5.74, 6) is -0.813. The molecule has 1 aromatic carbocycles. The molecule has 0 aliphatic rings. The summed E-state index contributed by atoms with van der Waals surface area (Å²) in [6, 6.07) is 6.33. The number of carbonyl (C=O) groups excluding carboxylic acids is 1. The van der Waals surface area contributed by atoms with Crippen molar-refractivity contribution in [2.45, 2.75) is 32.7 Å². The summed E-state index contributed by atoms with van der Waals surface area (Å²) >= 11 is 5.81. The molecule has 3 nitrogen and oxygen atoms in total. The first-order chi connectivity index (χ1) is 9.52. The van der Waals surface area contributed by atoms with Crippen LogP contribution in [-0.2, 0) is 6.42 Å². The zero-order chi connectivity index (χ0) is 14.7. The Hall–Kier alpha value is -1.68. The van der Waals surface area contributed by atoms with Crippen LogP contribution in [0.1, 0.15) is 42.4 Å². The Morgan fingerprint density at radius 3 is 2.90 bits per heavy atom. The van der Waals surface area contributed by atoms with Crippen LogP contribution in [0, 0.1) is 5.82 Å². The van der Waals surface area contributed by atoms with Crippen LogP contribution in [0.25, 0.3) is 0 Å². The van der Waals surface area contributed by atoms with Gasteiger partial charge in [0.1, 0.15) is 5.82 Å². The second-order valence-electron chi connectivity index (χ2n) is 4.75. The maximum Gasteiger partial charge on any atom is 0.170 e. The van der Waals surface area contributed by atoms with Gasteiger partial charge in [0.25, 0.3) is 0 Å². The van der Waals surface area contributed by atoms with Crippen LogP contribution >= 0.6 is 11.6 Å². The van der Waals surface area contributed by atoms with Gasteiger partial charge in [-0.05, 0) is 31.5 Å². The number of hydrogen-bond acceptors (Lipinski definition) is 2. The molecule has 20 heavy (non-hydrogen) atoms. The van der Waals surface area contributed by atoms with Crippen LogP contribution in [-0.4, -0.2) is 15.6 Å². The molecule has 0 fully saturated rings. The summed E-state index contributed by atoms with van der Waals surface area (Å²) in [4.78, 5) is 12.1. The molecule has 2 aromatic rings. The smallest absolute Gasteiger partial charge is 0.170 e. The van der Waals surface area contributed by atoms with E-state index in [4.69, 9.17) is 11.6 Å². The Morgan fingerprint density at radius 2 is 2.20 bits per heavy atom. The summed E-state index contributed by atoms with van der Waals surface area (Å²) in [5, 5.41) is 4.23. The average Bonchev–Trinajstić information content (AvgIpc) is 2.89. The Kier molecular flexibility index (Phi) is 4.55. The third-order valence-electron chi connectivity index (χ3n) is 3.30. The monoisotopic (exact) mass is 294 g/mol. The quantitative estimate of drug-likeness (QED) is 0.779. The van der Waals surface area contributed by atoms with Crippen molar-refractivity contribution in [1.29, 1.82) is 0 Å². The van der Waals surface area contributed by atoms with Crippen molar-refractivity contribution in [3.8, 4) is 0 Å². The van der Waals surface area contributed by atoms with E-state index in [1.165, 1.54) is 18.2 Å². The molecular formula is C15H16ClFN2O. The van der Waals surface area contributed by atoms with Crippen molar-refractivity contribution in [3.05, 3.63) is 52.6 Å². The largest absolute Gasteiger partial charge is 0.294 e. The predicted molar refractivity (Wildman–Crippen MR) is 76.7 cm³/mol. The van der Waals surface area contributed by atoms with Crippen LogP contribution in [0.15, 0.2) is 30.5 Å². The highest BCUT2D eigenvalue weighted by Crippen LogP contribution is 2.21. The zero-order valence-corrected chi connectivity index (χ0v) is 12.2. The minimum atomic E-state index is -0.581. The van der Waals surface area contributed by atoms with Gasteiger partial charge in [-0.3, -0.25) is 9.48 Å². The van der Waals surface area contributed by atoms with Crippen LogP contribution in [0.4, 0.5) is 4.39 Å². The van der Waals surface area contributed by atoms with E-state index in [9.17, 15) is 9.18 Å². The molecule has 0 saturated heterocycles. The number of carbonyl (C=O) groups is 1. The average molecular weight is 295 g/mol. The van der Waals surface area contributed by atoms with E-state index in [1.54, 1.807) is 6.07 Å². The van der Waals surface area contributed by atoms with Crippen molar-refractivity contribution < 1.29 is 9.18 Å². The molecule has 0 spiro atoms. The molecule has 0 bridgehead atoms. The van der Waals surface area contributed by atoms with Crippen molar-refractivity contribution in [2.24, 2.45) is 0 Å². The Labute approximate surface area is 122 Å². The fourth-order valence-corrected chi connectivity index (χ4v) is 2.11. The zero-order valence-electron chi connectivity index (χ0n) is 11.4. The first-order valence-corrected chi connectivity index (χ1v) is 6.92. The SMILES string of the molecule is CCC(C)n1ccc(CC(=O)c2cccc(F)c2Cl)n1. The van der Waals surface area contributed by atoms with Gasteiger partial charge >= 0.3 is 0 Å². The molecule has 1 unspecified atom stereocenters. The number of halogens is 2. The van der Waals surface area contributed by atoms with Gasteiger partial charge in [0.2, 0.25) is 0 Å². The van der Waals surface area contributed by atoms with Crippen molar-refractivity contribution >= 4 is 17.4 Å². The molecular weight excluding hydrogens is 279 g/mol. The maximum atomic E-state index is 13.3. The summed E-state index contributed by atoms with van der Waals surface area (Å²) in [6.45, 7) is 4.13. The lowest BCUT2D eigenvalue weighted by Crippen LogP contribution is -2.08. The highest BCUT2D eigenvalue weighted by Gasteiger charge is 2.15. The molecule has 1 aromatic heterocycles. The lowest BCUT2D eigenvalue weighted by molar-refractivity contribution is 0.0991. The number of Topliss-reactive ketones (excluding diaryl/α,β-unsaturated/α-hetero) is 1. The van der Waals surface area contributed by atoms with E-state index in [0.29, 0.717) is 5.69 Å². The lowest BCUT2D eigenvalue weighted by atomic mass is 10.1. The molecule has 0 radical (unpaired) electrons. The predicted octanol–water partition coefficient (Wildman–Crippen LogP) is 4.07. The molecule has 1 atom stereocenters. The third-order valence-corrected chi connectivity index (χ3v) is 3.68. The van der Waals surface area contributed by atoms with Gasteiger partial charge in [-0.25, -0.2) is 4.39 Å². The van der Waals surface area contributed by atoms with E-state index in [-0.39, 0.29) is 28.8 Å². The van der Waals surface area contributed by atoms with Crippen LogP contribution in [0.2, 0.25) is 5.02 Å². The second-order valence-corrected chi connectivity index (χ2v) is 5.12. The van der Waals surface area contributed by atoms with Crippen LogP contribution < -0.4 is 0 Å². The van der Waals surface area contributed by atoms with E-state index >= 15 is 0 Å². The number of benzene rings is 1. The fourth-order valence-electron chi connectivity index (χ4n) is 1.88. The summed E-state index contributed by atoms with van der Waals surface area (Å²) in [7, 11) is 0. The molecule has 0 N–H and O–H groups in total. The van der Waals surface area contributed by atoms with Gasteiger partial charge in [0, 0.05) is 17.8 Å². The molecule has 1 heterocycles. The van der Waals surface area contributed by atoms with Gasteiger partial charge in [-0.1, -0.05) is 24.6 Å². The lowest BCUT2D eigenvalue weighted by Gasteiger charge is -2.08. The van der Waals surface area contributed by atoms with Gasteiger partial charge in [-0.2, -0.15) is 5.10 Å². The second kappa shape index (κ2) is 6.18. The number of nitrogens with zero attached hydrogens (tertiary/aromatic N) is 2. The molecule has 106 valence electrons. The molecule has 0 amide bonds. The number of rotatable bonds is 5. The number of ketones is 1. The van der Waals surface area contributed by atoms with E-state index in [1.807, 2.05) is 10.9 Å². The highest BCUT2D eigenvalue weighted by molar-refractivity contribution is 6.34. The van der Waals surface area contributed by atoms with Crippen molar-refractivity contribution in [2.75, 3.05) is 0 Å². The van der Waals surface area contributed by atoms with Gasteiger partial charge in [0.05, 0.1) is 17.1 Å². The van der Waals surface area contributed by atoms with E-state index in [2.05, 4.69) is 18.9 Å². The summed E-state index contributed by atoms with van der Waals surface area (Å²) in [6.07, 6.45) is 2.93. The molecule has 0 aliphatic carbocycles. The van der Waals surface area contributed by atoms with E-state index < -0.39 is 5.82 Å². The van der Waals surface area contributed by atoms with Gasteiger partial charge in [-0.15, -0.1) is 0 Å². The van der Waals surface area contributed by atoms with Crippen molar-refractivity contribution in [3.63, 3.8) is 0 Å². The molecule has 5 heteroatoms. The normalized spacial score (nSPS) is 12.4. The minimum absolute atomic E-state index is 0.118. The van der Waals surface area contributed by atoms with E-state index in [0.717, 1.165) is 6.42 Å². The summed E-state index contributed by atoms with van der Waals surface area (Å²) < 4.78 is 15.2. The minimum Gasteiger partial charge on any atom is -0.294 e. The van der Waals surface area contributed by atoms with Crippen LogP contribution in [0.3, 0.4) is 0 Å². The first-order valence-electron chi connectivity index (χ1n) is 6.54. The van der Waals surface area contributed by atoms with Gasteiger partial charge < -0.3 is 0 Å². The number of hydrogen-bond donors (Lipinski definition) is 0. The molecule has 2 rings (SSSR count). The summed E-state index contributed by atoms with van der Waals surface area (Å²) in [5.41, 5.74) is 0.861. The van der Waals surface area contributed by atoms with Crippen LogP contribution in [0.5, 0.6) is 0 Å². The third kappa shape index (κ3) is 3.07. The number of aromatic nitrogens is 2. The maximum absolute atomic E-state index is 13.3. The fraction of sp³-hybridized carbons (Fsp3) is 0.333. The Balaban J connectivity index is 2.15. The topological polar surface area (TPSA) is 34.9 Å². The molecule has 0 saturated carbocycles. The van der Waals surface area contributed by atoms with Gasteiger partial charge in [0.15, 0.2) is 5.78 Å². The molecule has 0 aliphatic heterocycles. The van der Waals surface area contributed by atoms with Crippen molar-refractivity contribution in [1.82, 2.24) is 9.78 Å². The Bertz CT molecular complexity index is 624. The highest BCUT2D eigenvalue weighted by atomic mass is 35.5. The standard InChI is InChI=1S/C15H16ClFN2O/c1-3-10(2)19-8-7-11(18-19)9-14(20)12-5-4-6-13(17)15(12)16/h4-8,10H,3,9H2,1-2H3. The Morgan fingerprint density at radius 1 is 1.45 bits per heavy atom.